The number of anilines is 2. The van der Waals surface area contributed by atoms with Crippen LogP contribution in [0.25, 0.3) is 21.2 Å². The maximum absolute atomic E-state index is 13.7. The predicted molar refractivity (Wildman–Crippen MR) is 132 cm³/mol. The Labute approximate surface area is 195 Å². The van der Waals surface area contributed by atoms with Crippen LogP contribution >= 0.6 is 11.3 Å². The summed E-state index contributed by atoms with van der Waals surface area (Å²) in [5.74, 6) is -0.144. The summed E-state index contributed by atoms with van der Waals surface area (Å²) in [6.45, 7) is 6.39. The van der Waals surface area contributed by atoms with Gasteiger partial charge in [0.2, 0.25) is 5.91 Å². The molecule has 2 heterocycles. The molecule has 2 aromatic heterocycles. The molecule has 0 bridgehead atoms. The second-order valence-corrected chi connectivity index (χ2v) is 9.48. The molecule has 5 rings (SSSR count). The largest absolute Gasteiger partial charge is 0.464 e. The van der Waals surface area contributed by atoms with E-state index in [1.807, 2.05) is 30.3 Å². The third kappa shape index (κ3) is 4.02. The van der Waals surface area contributed by atoms with Crippen molar-refractivity contribution in [2.45, 2.75) is 33.1 Å². The molecule has 0 saturated carbocycles. The SMILES string of the molecule is Cc1cc2occ(CC(=O)N(c3ccc(F)cc3)c3nc4ccccc4s3)c2cc1C(C)C. The van der Waals surface area contributed by atoms with Crippen LogP contribution in [0.4, 0.5) is 15.2 Å². The van der Waals surface area contributed by atoms with E-state index in [4.69, 9.17) is 4.42 Å². The molecule has 0 fully saturated rings. The first-order valence-electron chi connectivity index (χ1n) is 10.9. The number of carbonyl (C=O) groups excluding carboxylic acids is 1. The number of carbonyl (C=O) groups is 1. The lowest BCUT2D eigenvalue weighted by Crippen LogP contribution is -2.27. The zero-order chi connectivity index (χ0) is 23.1. The van der Waals surface area contributed by atoms with Crippen molar-refractivity contribution in [1.82, 2.24) is 4.98 Å². The summed E-state index contributed by atoms with van der Waals surface area (Å²) in [5.41, 5.74) is 5.40. The molecule has 0 aliphatic heterocycles. The highest BCUT2D eigenvalue weighted by Gasteiger charge is 2.24. The number of furan rings is 1. The lowest BCUT2D eigenvalue weighted by Gasteiger charge is -2.20. The zero-order valence-corrected chi connectivity index (χ0v) is 19.4. The van der Waals surface area contributed by atoms with Crippen LogP contribution in [-0.4, -0.2) is 10.9 Å². The smallest absolute Gasteiger partial charge is 0.237 e. The lowest BCUT2D eigenvalue weighted by atomic mass is 9.95. The van der Waals surface area contributed by atoms with Gasteiger partial charge in [0.05, 0.1) is 28.6 Å². The first kappa shape index (κ1) is 21.3. The van der Waals surface area contributed by atoms with Crippen LogP contribution in [-0.2, 0) is 11.2 Å². The normalized spacial score (nSPS) is 11.5. The van der Waals surface area contributed by atoms with Gasteiger partial charge in [-0.25, -0.2) is 9.37 Å². The van der Waals surface area contributed by atoms with Crippen molar-refractivity contribution >= 4 is 49.2 Å². The standard InChI is InChI=1S/C27H23FN2O2S/c1-16(2)21-14-22-18(15-32-24(22)12-17(21)3)13-26(31)30(20-10-8-19(28)9-11-20)27-29-23-6-4-5-7-25(23)33-27/h4-12,14-16H,13H2,1-3H3. The van der Waals surface area contributed by atoms with Crippen molar-refractivity contribution in [3.63, 3.8) is 0 Å². The van der Waals surface area contributed by atoms with E-state index in [0.717, 1.165) is 26.7 Å². The van der Waals surface area contributed by atoms with Gasteiger partial charge in [0.15, 0.2) is 5.13 Å². The van der Waals surface area contributed by atoms with Gasteiger partial charge in [-0.3, -0.25) is 9.69 Å². The van der Waals surface area contributed by atoms with E-state index in [2.05, 4.69) is 31.8 Å². The van der Waals surface area contributed by atoms with Crippen LogP contribution in [0.1, 0.15) is 36.5 Å². The third-order valence-electron chi connectivity index (χ3n) is 5.81. The van der Waals surface area contributed by atoms with Crippen LogP contribution in [0.2, 0.25) is 0 Å². The maximum atomic E-state index is 13.7. The van der Waals surface area contributed by atoms with Gasteiger partial charge in [0.1, 0.15) is 11.4 Å². The van der Waals surface area contributed by atoms with Crippen LogP contribution < -0.4 is 4.90 Å². The Bertz CT molecular complexity index is 1430. The molecule has 0 aliphatic carbocycles. The molecule has 166 valence electrons. The molecule has 6 heteroatoms. The molecule has 1 amide bonds. The quantitative estimate of drug-likeness (QED) is 0.274. The first-order valence-corrected chi connectivity index (χ1v) is 11.7. The van der Waals surface area contributed by atoms with Crippen molar-refractivity contribution in [3.05, 3.63) is 89.4 Å². The second kappa shape index (κ2) is 8.45. The van der Waals surface area contributed by atoms with E-state index in [0.29, 0.717) is 16.7 Å². The van der Waals surface area contributed by atoms with E-state index < -0.39 is 0 Å². The van der Waals surface area contributed by atoms with Crippen LogP contribution in [0.5, 0.6) is 0 Å². The Morgan fingerprint density at radius 1 is 1.12 bits per heavy atom. The summed E-state index contributed by atoms with van der Waals surface area (Å²) in [6, 6.07) is 17.8. The van der Waals surface area contributed by atoms with Crippen molar-refractivity contribution in [1.29, 1.82) is 0 Å². The highest BCUT2D eigenvalue weighted by molar-refractivity contribution is 7.22. The second-order valence-electron chi connectivity index (χ2n) is 8.47. The summed E-state index contributed by atoms with van der Waals surface area (Å²) in [6.07, 6.45) is 1.80. The van der Waals surface area contributed by atoms with Crippen molar-refractivity contribution in [2.75, 3.05) is 4.90 Å². The van der Waals surface area contributed by atoms with Gasteiger partial charge in [-0.1, -0.05) is 37.3 Å². The number of amides is 1. The van der Waals surface area contributed by atoms with Gasteiger partial charge in [-0.2, -0.15) is 0 Å². The Morgan fingerprint density at radius 2 is 1.88 bits per heavy atom. The highest BCUT2D eigenvalue weighted by Crippen LogP contribution is 2.35. The number of thiazole rings is 1. The molecule has 4 nitrogen and oxygen atoms in total. The highest BCUT2D eigenvalue weighted by atomic mass is 32.1. The molecular formula is C27H23FN2O2S. The van der Waals surface area contributed by atoms with Crippen LogP contribution in [0.3, 0.4) is 0 Å². The molecule has 3 aromatic carbocycles. The fourth-order valence-corrected chi connectivity index (χ4v) is 5.16. The van der Waals surface area contributed by atoms with Gasteiger partial charge < -0.3 is 4.42 Å². The number of benzene rings is 3. The summed E-state index contributed by atoms with van der Waals surface area (Å²) in [5, 5.41) is 1.50. The predicted octanol–water partition coefficient (Wildman–Crippen LogP) is 7.52. The molecule has 0 spiro atoms. The monoisotopic (exact) mass is 458 g/mol. The average Bonchev–Trinajstić information content (AvgIpc) is 3.38. The molecular weight excluding hydrogens is 435 g/mol. The van der Waals surface area contributed by atoms with E-state index >= 15 is 0 Å². The fraction of sp³-hybridized carbons (Fsp3) is 0.185. The van der Waals surface area contributed by atoms with Crippen molar-refractivity contribution in [3.8, 4) is 0 Å². The number of para-hydroxylation sites is 1. The molecule has 0 radical (unpaired) electrons. The van der Waals surface area contributed by atoms with E-state index in [9.17, 15) is 9.18 Å². The Balaban J connectivity index is 1.56. The summed E-state index contributed by atoms with van der Waals surface area (Å²) in [4.78, 5) is 19.9. The van der Waals surface area contributed by atoms with Gasteiger partial charge >= 0.3 is 0 Å². The minimum atomic E-state index is -0.354. The fourth-order valence-electron chi connectivity index (χ4n) is 4.15. The summed E-state index contributed by atoms with van der Waals surface area (Å²) >= 11 is 1.43. The Kier molecular flexibility index (Phi) is 5.46. The van der Waals surface area contributed by atoms with E-state index in [1.54, 1.807) is 23.3 Å². The van der Waals surface area contributed by atoms with E-state index in [1.165, 1.54) is 34.6 Å². The topological polar surface area (TPSA) is 46.3 Å². The number of fused-ring (bicyclic) bond motifs is 2. The Morgan fingerprint density at radius 3 is 2.61 bits per heavy atom. The van der Waals surface area contributed by atoms with Crippen molar-refractivity contribution in [2.24, 2.45) is 0 Å². The number of hydrogen-bond donors (Lipinski definition) is 0. The lowest BCUT2D eigenvalue weighted by molar-refractivity contribution is -0.117. The van der Waals surface area contributed by atoms with E-state index in [-0.39, 0.29) is 18.1 Å². The Hall–Kier alpha value is -3.51. The van der Waals surface area contributed by atoms with Gasteiger partial charge in [-0.05, 0) is 72.5 Å². The molecule has 0 unspecified atom stereocenters. The average molecular weight is 459 g/mol. The van der Waals surface area contributed by atoms with Gasteiger partial charge in [-0.15, -0.1) is 0 Å². The number of hydrogen-bond acceptors (Lipinski definition) is 4. The zero-order valence-electron chi connectivity index (χ0n) is 18.6. The number of rotatable bonds is 5. The molecule has 5 aromatic rings. The van der Waals surface area contributed by atoms with Gasteiger partial charge in [0, 0.05) is 10.9 Å². The van der Waals surface area contributed by atoms with Crippen LogP contribution in [0, 0.1) is 12.7 Å². The summed E-state index contributed by atoms with van der Waals surface area (Å²) in [7, 11) is 0. The molecule has 0 saturated heterocycles. The molecule has 33 heavy (non-hydrogen) atoms. The van der Waals surface area contributed by atoms with Crippen molar-refractivity contribution < 1.29 is 13.6 Å². The number of nitrogens with zero attached hydrogens (tertiary/aromatic N) is 2. The number of aromatic nitrogens is 1. The number of aryl methyl sites for hydroxylation is 1. The minimum Gasteiger partial charge on any atom is -0.464 e. The maximum Gasteiger partial charge on any atom is 0.237 e. The molecule has 0 aliphatic rings. The number of halogens is 1. The van der Waals surface area contributed by atoms with Crippen LogP contribution in [0.15, 0.2) is 71.3 Å². The first-order chi connectivity index (χ1) is 15.9. The summed E-state index contributed by atoms with van der Waals surface area (Å²) < 4.78 is 20.4. The minimum absolute atomic E-state index is 0.140. The van der Waals surface area contributed by atoms with Gasteiger partial charge in [0.25, 0.3) is 0 Å². The molecule has 0 atom stereocenters. The third-order valence-corrected chi connectivity index (χ3v) is 6.84. The molecule has 0 N–H and O–H groups in total.